The summed E-state index contributed by atoms with van der Waals surface area (Å²) in [5.41, 5.74) is 1.86. The fraction of sp³-hybridized carbons (Fsp3) is 0.261. The van der Waals surface area contributed by atoms with Gasteiger partial charge in [0.1, 0.15) is 5.75 Å². The van der Waals surface area contributed by atoms with E-state index in [1.165, 1.54) is 11.0 Å². The molecule has 0 spiro atoms. The molecule has 7 heteroatoms. The predicted molar refractivity (Wildman–Crippen MR) is 111 cm³/mol. The standard InChI is InChI=1S/C23H22N2O5/c1-29-20-7-3-2-5-15(20)8-11-21(26)24-16-9-10-18-19(13-16)23(28)25(22(18)27)14-17-6-4-12-30-17/h2-3,5,7-11,13,17H,4,6,12,14H2,1H3,(H,24,26)/b11-8+. The van der Waals surface area contributed by atoms with Gasteiger partial charge in [-0.05, 0) is 43.2 Å². The number of fused-ring (bicyclic) bond motifs is 1. The summed E-state index contributed by atoms with van der Waals surface area (Å²) in [7, 11) is 1.57. The highest BCUT2D eigenvalue weighted by Gasteiger charge is 2.37. The lowest BCUT2D eigenvalue weighted by Gasteiger charge is -2.17. The topological polar surface area (TPSA) is 84.9 Å². The van der Waals surface area contributed by atoms with Crippen molar-refractivity contribution in [3.63, 3.8) is 0 Å². The molecule has 1 atom stereocenters. The molecule has 2 heterocycles. The van der Waals surface area contributed by atoms with Gasteiger partial charge < -0.3 is 14.8 Å². The summed E-state index contributed by atoms with van der Waals surface area (Å²) >= 11 is 0. The lowest BCUT2D eigenvalue weighted by atomic mass is 10.1. The summed E-state index contributed by atoms with van der Waals surface area (Å²) in [4.78, 5) is 38.8. The molecule has 2 aliphatic heterocycles. The van der Waals surface area contributed by atoms with Crippen molar-refractivity contribution in [2.24, 2.45) is 0 Å². The molecule has 154 valence electrons. The third-order valence-corrected chi connectivity index (χ3v) is 5.20. The molecule has 1 fully saturated rings. The first-order valence-corrected chi connectivity index (χ1v) is 9.81. The van der Waals surface area contributed by atoms with Crippen LogP contribution in [0.25, 0.3) is 6.08 Å². The first-order valence-electron chi connectivity index (χ1n) is 9.81. The fourth-order valence-corrected chi connectivity index (χ4v) is 3.68. The third kappa shape index (κ3) is 3.97. The summed E-state index contributed by atoms with van der Waals surface area (Å²) in [6.45, 7) is 0.919. The zero-order valence-electron chi connectivity index (χ0n) is 16.6. The van der Waals surface area contributed by atoms with E-state index >= 15 is 0 Å². The average molecular weight is 406 g/mol. The van der Waals surface area contributed by atoms with E-state index in [4.69, 9.17) is 9.47 Å². The Kier molecular flexibility index (Phi) is 5.63. The van der Waals surface area contributed by atoms with Crippen LogP contribution < -0.4 is 10.1 Å². The minimum absolute atomic E-state index is 0.105. The lowest BCUT2D eigenvalue weighted by Crippen LogP contribution is -2.36. The number of hydrogen-bond acceptors (Lipinski definition) is 5. The Morgan fingerprint density at radius 1 is 1.20 bits per heavy atom. The van der Waals surface area contributed by atoms with E-state index in [1.54, 1.807) is 31.4 Å². The van der Waals surface area contributed by atoms with E-state index < -0.39 is 0 Å². The van der Waals surface area contributed by atoms with Gasteiger partial charge in [0, 0.05) is 23.9 Å². The monoisotopic (exact) mass is 406 g/mol. The van der Waals surface area contributed by atoms with Gasteiger partial charge in [0.2, 0.25) is 5.91 Å². The van der Waals surface area contributed by atoms with Crippen molar-refractivity contribution < 1.29 is 23.9 Å². The van der Waals surface area contributed by atoms with Gasteiger partial charge in [-0.2, -0.15) is 0 Å². The van der Waals surface area contributed by atoms with E-state index in [2.05, 4.69) is 5.32 Å². The molecule has 0 saturated carbocycles. The largest absolute Gasteiger partial charge is 0.496 e. The molecule has 0 bridgehead atoms. The van der Waals surface area contributed by atoms with Crippen molar-refractivity contribution >= 4 is 29.5 Å². The molecule has 0 aromatic heterocycles. The van der Waals surface area contributed by atoms with Crippen LogP contribution in [0.3, 0.4) is 0 Å². The second-order valence-electron chi connectivity index (χ2n) is 7.18. The number of nitrogens with zero attached hydrogens (tertiary/aromatic N) is 1. The van der Waals surface area contributed by atoms with Gasteiger partial charge in [-0.15, -0.1) is 0 Å². The second kappa shape index (κ2) is 8.51. The highest BCUT2D eigenvalue weighted by atomic mass is 16.5. The van der Waals surface area contributed by atoms with Crippen molar-refractivity contribution in [1.82, 2.24) is 4.90 Å². The van der Waals surface area contributed by atoms with Gasteiger partial charge in [-0.3, -0.25) is 19.3 Å². The Morgan fingerprint density at radius 3 is 2.77 bits per heavy atom. The molecule has 2 aromatic rings. The molecule has 0 aliphatic carbocycles. The van der Waals surface area contributed by atoms with Crippen molar-refractivity contribution in [3.8, 4) is 5.75 Å². The van der Waals surface area contributed by atoms with Crippen LogP contribution in [0.2, 0.25) is 0 Å². The predicted octanol–water partition coefficient (Wildman–Crippen LogP) is 3.12. The number of carbonyl (C=O) groups excluding carboxylic acids is 3. The quantitative estimate of drug-likeness (QED) is 0.589. The van der Waals surface area contributed by atoms with Crippen molar-refractivity contribution in [1.29, 1.82) is 0 Å². The summed E-state index contributed by atoms with van der Waals surface area (Å²) in [5.74, 6) is -0.367. The van der Waals surface area contributed by atoms with Gasteiger partial charge in [-0.25, -0.2) is 0 Å². The molecule has 7 nitrogen and oxygen atoms in total. The maximum Gasteiger partial charge on any atom is 0.261 e. The van der Waals surface area contributed by atoms with Crippen molar-refractivity contribution in [2.75, 3.05) is 25.6 Å². The van der Waals surface area contributed by atoms with Crippen LogP contribution in [-0.2, 0) is 9.53 Å². The molecule has 1 unspecified atom stereocenters. The summed E-state index contributed by atoms with van der Waals surface area (Å²) < 4.78 is 10.8. The van der Waals surface area contributed by atoms with Crippen molar-refractivity contribution in [2.45, 2.75) is 18.9 Å². The number of amides is 3. The first kappa shape index (κ1) is 19.8. The maximum absolute atomic E-state index is 12.7. The lowest BCUT2D eigenvalue weighted by molar-refractivity contribution is -0.111. The van der Waals surface area contributed by atoms with Crippen LogP contribution in [0.1, 0.15) is 39.1 Å². The maximum atomic E-state index is 12.7. The molecule has 2 aliphatic rings. The van der Waals surface area contributed by atoms with E-state index in [1.807, 2.05) is 24.3 Å². The summed E-state index contributed by atoms with van der Waals surface area (Å²) in [6, 6.07) is 12.1. The Hall–Kier alpha value is -3.45. The average Bonchev–Trinajstić information content (AvgIpc) is 3.35. The van der Waals surface area contributed by atoms with Crippen LogP contribution in [-0.4, -0.2) is 49.0 Å². The molecular formula is C23H22N2O5. The number of rotatable bonds is 6. The first-order chi connectivity index (χ1) is 14.6. The van der Waals surface area contributed by atoms with Crippen LogP contribution in [0.15, 0.2) is 48.5 Å². The number of imide groups is 1. The van der Waals surface area contributed by atoms with Gasteiger partial charge >= 0.3 is 0 Å². The zero-order chi connectivity index (χ0) is 21.1. The summed E-state index contributed by atoms with van der Waals surface area (Å²) in [5, 5.41) is 2.73. The van der Waals surface area contributed by atoms with Crippen molar-refractivity contribution in [3.05, 3.63) is 65.2 Å². The Balaban J connectivity index is 1.45. The number of para-hydroxylation sites is 1. The van der Waals surface area contributed by atoms with Crippen LogP contribution in [0.4, 0.5) is 5.69 Å². The molecular weight excluding hydrogens is 384 g/mol. The smallest absolute Gasteiger partial charge is 0.261 e. The van der Waals surface area contributed by atoms with Crippen LogP contribution >= 0.6 is 0 Å². The molecule has 30 heavy (non-hydrogen) atoms. The van der Waals surface area contributed by atoms with Gasteiger partial charge in [0.15, 0.2) is 0 Å². The normalized spacial score (nSPS) is 18.2. The second-order valence-corrected chi connectivity index (χ2v) is 7.18. The number of nitrogens with one attached hydrogen (secondary N) is 1. The number of methoxy groups -OCH3 is 1. The minimum atomic E-state index is -0.355. The molecule has 0 radical (unpaired) electrons. The van der Waals surface area contributed by atoms with E-state index in [-0.39, 0.29) is 30.4 Å². The number of ether oxygens (including phenoxy) is 2. The number of hydrogen-bond donors (Lipinski definition) is 1. The molecule has 2 aromatic carbocycles. The van der Waals surface area contributed by atoms with E-state index in [0.29, 0.717) is 29.2 Å². The van der Waals surface area contributed by atoms with E-state index in [0.717, 1.165) is 18.4 Å². The van der Waals surface area contributed by atoms with Crippen LogP contribution in [0, 0.1) is 0 Å². The summed E-state index contributed by atoms with van der Waals surface area (Å²) in [6.07, 6.45) is 4.72. The highest BCUT2D eigenvalue weighted by Crippen LogP contribution is 2.27. The number of carbonyl (C=O) groups is 3. The Bertz CT molecular complexity index is 1020. The zero-order valence-corrected chi connectivity index (χ0v) is 16.6. The SMILES string of the molecule is COc1ccccc1/C=C/C(=O)Nc1ccc2c(c1)C(=O)N(CC1CCCO1)C2=O. The van der Waals surface area contributed by atoms with Crippen LogP contribution in [0.5, 0.6) is 5.75 Å². The molecule has 1 N–H and O–H groups in total. The fourth-order valence-electron chi connectivity index (χ4n) is 3.68. The Labute approximate surface area is 174 Å². The van der Waals surface area contributed by atoms with Gasteiger partial charge in [0.05, 0.1) is 30.9 Å². The molecule has 4 rings (SSSR count). The third-order valence-electron chi connectivity index (χ3n) is 5.20. The highest BCUT2D eigenvalue weighted by molar-refractivity contribution is 6.22. The van der Waals surface area contributed by atoms with Gasteiger partial charge in [-0.1, -0.05) is 18.2 Å². The minimum Gasteiger partial charge on any atom is -0.496 e. The van der Waals surface area contributed by atoms with Gasteiger partial charge in [0.25, 0.3) is 11.8 Å². The molecule has 1 saturated heterocycles. The molecule has 3 amide bonds. The number of anilines is 1. The Morgan fingerprint density at radius 2 is 2.00 bits per heavy atom. The number of benzene rings is 2. The van der Waals surface area contributed by atoms with E-state index in [9.17, 15) is 14.4 Å².